The van der Waals surface area contributed by atoms with Gasteiger partial charge in [-0.05, 0) is 80.0 Å². The third-order valence-corrected chi connectivity index (χ3v) is 6.70. The van der Waals surface area contributed by atoms with Gasteiger partial charge >= 0.3 is 0 Å². The summed E-state index contributed by atoms with van der Waals surface area (Å²) in [5.41, 5.74) is 0.999. The zero-order valence-electron chi connectivity index (χ0n) is 18.5. The Kier molecular flexibility index (Phi) is 9.19. The van der Waals surface area contributed by atoms with Crippen LogP contribution in [0.2, 0.25) is 0 Å². The molecule has 10 heteroatoms. The van der Waals surface area contributed by atoms with Crippen LogP contribution in [0, 0.1) is 0 Å². The van der Waals surface area contributed by atoms with E-state index >= 15 is 0 Å². The van der Waals surface area contributed by atoms with Crippen molar-refractivity contribution in [2.75, 3.05) is 25.1 Å². The molecule has 1 aliphatic heterocycles. The first-order valence-electron chi connectivity index (χ1n) is 10.9. The van der Waals surface area contributed by atoms with E-state index in [1.807, 2.05) is 0 Å². The molecule has 178 valence electrons. The Morgan fingerprint density at radius 3 is 2.52 bits per heavy atom. The van der Waals surface area contributed by atoms with Crippen LogP contribution in [0.1, 0.15) is 43.0 Å². The maximum atomic E-state index is 12.4. The minimum atomic E-state index is -3.63. The summed E-state index contributed by atoms with van der Waals surface area (Å²) in [5.74, 6) is 0.353. The van der Waals surface area contributed by atoms with E-state index in [2.05, 4.69) is 22.3 Å². The van der Waals surface area contributed by atoms with E-state index in [0.717, 1.165) is 25.7 Å². The fourth-order valence-electron chi connectivity index (χ4n) is 3.18. The number of ether oxygens (including phenoxy) is 2. The van der Waals surface area contributed by atoms with Gasteiger partial charge in [0.25, 0.3) is 5.91 Å². The first-order chi connectivity index (χ1) is 15.9. The predicted molar refractivity (Wildman–Crippen MR) is 131 cm³/mol. The van der Waals surface area contributed by atoms with Gasteiger partial charge in [0.2, 0.25) is 10.0 Å². The molecule has 1 amide bonds. The Hall–Kier alpha value is -2.53. The second kappa shape index (κ2) is 12.1. The number of hydrogen-bond acceptors (Lipinski definition) is 6. The Morgan fingerprint density at radius 2 is 1.88 bits per heavy atom. The van der Waals surface area contributed by atoms with Crippen LogP contribution in [0.15, 0.2) is 53.4 Å². The summed E-state index contributed by atoms with van der Waals surface area (Å²) >= 11 is 5.21. The highest BCUT2D eigenvalue weighted by Gasteiger charge is 2.20. The van der Waals surface area contributed by atoms with Crippen molar-refractivity contribution in [1.29, 1.82) is 0 Å². The highest BCUT2D eigenvalue weighted by Crippen LogP contribution is 2.16. The number of carbonyl (C=O) groups is 1. The van der Waals surface area contributed by atoms with Crippen molar-refractivity contribution in [3.05, 3.63) is 54.1 Å². The van der Waals surface area contributed by atoms with Crippen LogP contribution in [0.5, 0.6) is 5.75 Å². The van der Waals surface area contributed by atoms with Crippen LogP contribution in [0.4, 0.5) is 5.69 Å². The topological polar surface area (TPSA) is 106 Å². The van der Waals surface area contributed by atoms with Gasteiger partial charge in [0, 0.05) is 24.4 Å². The van der Waals surface area contributed by atoms with Crippen molar-refractivity contribution >= 4 is 38.9 Å². The molecule has 0 saturated carbocycles. The van der Waals surface area contributed by atoms with E-state index in [1.165, 1.54) is 12.1 Å². The molecule has 2 aromatic carbocycles. The molecule has 1 heterocycles. The highest BCUT2D eigenvalue weighted by molar-refractivity contribution is 7.89. The Morgan fingerprint density at radius 1 is 1.15 bits per heavy atom. The third-order valence-electron chi connectivity index (χ3n) is 5.06. The number of hydrogen-bond donors (Lipinski definition) is 3. The summed E-state index contributed by atoms with van der Waals surface area (Å²) in [6.45, 7) is 3.66. The molecule has 1 saturated heterocycles. The fourth-order valence-corrected chi connectivity index (χ4v) is 4.46. The smallest absolute Gasteiger partial charge is 0.257 e. The van der Waals surface area contributed by atoms with Crippen molar-refractivity contribution in [3.63, 3.8) is 0 Å². The molecule has 3 rings (SSSR count). The number of rotatable bonds is 10. The minimum absolute atomic E-state index is 0.0773. The SMILES string of the molecule is CCCCOc1ccc(C(=O)NC(=S)Nc2ccc(S(=O)(=O)NCC3CCCO3)cc2)cc1. The van der Waals surface area contributed by atoms with E-state index in [1.54, 1.807) is 36.4 Å². The quantitative estimate of drug-likeness (QED) is 0.345. The van der Waals surface area contributed by atoms with Crippen molar-refractivity contribution < 1.29 is 22.7 Å². The normalized spacial score (nSPS) is 15.7. The average molecular weight is 492 g/mol. The van der Waals surface area contributed by atoms with Gasteiger partial charge in [-0.25, -0.2) is 13.1 Å². The first-order valence-corrected chi connectivity index (χ1v) is 12.8. The van der Waals surface area contributed by atoms with Crippen LogP contribution in [-0.4, -0.2) is 45.3 Å². The van der Waals surface area contributed by atoms with Gasteiger partial charge in [-0.3, -0.25) is 10.1 Å². The van der Waals surface area contributed by atoms with Crippen molar-refractivity contribution in [1.82, 2.24) is 10.0 Å². The number of unbranched alkanes of at least 4 members (excludes halogenated alkanes) is 1. The molecule has 1 unspecified atom stereocenters. The van der Waals surface area contributed by atoms with Crippen molar-refractivity contribution in [2.24, 2.45) is 0 Å². The fraction of sp³-hybridized carbons (Fsp3) is 0.391. The molecular formula is C23H29N3O5S2. The number of amides is 1. The van der Waals surface area contributed by atoms with Crippen LogP contribution >= 0.6 is 12.2 Å². The molecular weight excluding hydrogens is 462 g/mol. The second-order valence-electron chi connectivity index (χ2n) is 7.65. The lowest BCUT2D eigenvalue weighted by Gasteiger charge is -2.13. The van der Waals surface area contributed by atoms with Gasteiger partial charge in [-0.15, -0.1) is 0 Å². The maximum absolute atomic E-state index is 12.4. The highest BCUT2D eigenvalue weighted by atomic mass is 32.2. The van der Waals surface area contributed by atoms with Gasteiger partial charge in [0.1, 0.15) is 5.75 Å². The van der Waals surface area contributed by atoms with Gasteiger partial charge in [0.15, 0.2) is 5.11 Å². The number of carbonyl (C=O) groups excluding carboxylic acids is 1. The van der Waals surface area contributed by atoms with Gasteiger partial charge in [-0.1, -0.05) is 13.3 Å². The molecule has 33 heavy (non-hydrogen) atoms. The molecule has 2 aromatic rings. The number of anilines is 1. The lowest BCUT2D eigenvalue weighted by atomic mass is 10.2. The summed E-state index contributed by atoms with van der Waals surface area (Å²) in [4.78, 5) is 12.5. The predicted octanol–water partition coefficient (Wildman–Crippen LogP) is 3.45. The zero-order chi connectivity index (χ0) is 23.7. The Labute approximate surface area is 200 Å². The van der Waals surface area contributed by atoms with E-state index < -0.39 is 10.0 Å². The summed E-state index contributed by atoms with van der Waals surface area (Å²) in [6, 6.07) is 12.9. The Bertz CT molecular complexity index is 1030. The molecule has 3 N–H and O–H groups in total. The molecule has 0 aromatic heterocycles. The number of nitrogens with one attached hydrogen (secondary N) is 3. The number of benzene rings is 2. The molecule has 0 radical (unpaired) electrons. The van der Waals surface area contributed by atoms with E-state index in [4.69, 9.17) is 21.7 Å². The molecule has 8 nitrogen and oxygen atoms in total. The molecule has 0 spiro atoms. The zero-order valence-corrected chi connectivity index (χ0v) is 20.1. The summed E-state index contributed by atoms with van der Waals surface area (Å²) in [6.07, 6.45) is 3.75. The number of thiocarbonyl (C=S) groups is 1. The summed E-state index contributed by atoms with van der Waals surface area (Å²) < 4.78 is 38.5. The summed E-state index contributed by atoms with van der Waals surface area (Å²) in [5, 5.41) is 5.60. The maximum Gasteiger partial charge on any atom is 0.257 e. The first kappa shape index (κ1) is 25.1. The standard InChI is InChI=1S/C23H29N3O5S2/c1-2-3-14-30-19-10-6-17(7-11-19)22(27)26-23(32)25-18-8-12-21(13-9-18)33(28,29)24-16-20-5-4-15-31-20/h6-13,20,24H,2-5,14-16H2,1H3,(H2,25,26,27,32). The van der Waals surface area contributed by atoms with E-state index in [9.17, 15) is 13.2 Å². The van der Waals surface area contributed by atoms with Crippen LogP contribution in [0.3, 0.4) is 0 Å². The van der Waals surface area contributed by atoms with Crippen LogP contribution < -0.4 is 20.1 Å². The van der Waals surface area contributed by atoms with Crippen molar-refractivity contribution in [2.45, 2.75) is 43.6 Å². The van der Waals surface area contributed by atoms with Gasteiger partial charge in [-0.2, -0.15) is 0 Å². The largest absolute Gasteiger partial charge is 0.494 e. The van der Waals surface area contributed by atoms with Crippen LogP contribution in [0.25, 0.3) is 0 Å². The molecule has 1 aliphatic rings. The monoisotopic (exact) mass is 491 g/mol. The van der Waals surface area contributed by atoms with E-state index in [0.29, 0.717) is 30.2 Å². The van der Waals surface area contributed by atoms with Crippen molar-refractivity contribution in [3.8, 4) is 5.75 Å². The summed E-state index contributed by atoms with van der Waals surface area (Å²) in [7, 11) is -3.63. The van der Waals surface area contributed by atoms with E-state index in [-0.39, 0.29) is 28.6 Å². The molecule has 0 aliphatic carbocycles. The minimum Gasteiger partial charge on any atom is -0.494 e. The van der Waals surface area contributed by atoms with Gasteiger partial charge < -0.3 is 14.8 Å². The number of sulfonamides is 1. The molecule has 1 fully saturated rings. The lowest BCUT2D eigenvalue weighted by Crippen LogP contribution is -2.34. The average Bonchev–Trinajstić information content (AvgIpc) is 3.32. The van der Waals surface area contributed by atoms with Gasteiger partial charge in [0.05, 0.1) is 17.6 Å². The molecule has 1 atom stereocenters. The molecule has 0 bridgehead atoms. The Balaban J connectivity index is 1.49. The second-order valence-corrected chi connectivity index (χ2v) is 9.82. The lowest BCUT2D eigenvalue weighted by molar-refractivity contribution is 0.0977. The third kappa shape index (κ3) is 7.78. The van der Waals surface area contributed by atoms with Crippen LogP contribution in [-0.2, 0) is 14.8 Å².